The molecule has 0 atom stereocenters. The van der Waals surface area contributed by atoms with Gasteiger partial charge in [0, 0.05) is 0 Å². The number of ether oxygens (including phenoxy) is 2. The van der Waals surface area contributed by atoms with Gasteiger partial charge in [0.15, 0.2) is 0 Å². The van der Waals surface area contributed by atoms with Crippen molar-refractivity contribution in [2.24, 2.45) is 0 Å². The Balaban J connectivity index is 2.33. The van der Waals surface area contributed by atoms with Crippen molar-refractivity contribution in [3.63, 3.8) is 0 Å². The molecule has 0 N–H and O–H groups in total. The molecular weight excluding hydrogens is 104 g/mol. The first-order chi connectivity index (χ1) is 3.93. The summed E-state index contributed by atoms with van der Waals surface area (Å²) in [7, 11) is 0. The van der Waals surface area contributed by atoms with Crippen LogP contribution < -0.4 is 0 Å². The van der Waals surface area contributed by atoms with Crippen molar-refractivity contribution in [3.05, 3.63) is 12.0 Å². The van der Waals surface area contributed by atoms with Gasteiger partial charge in [0.05, 0.1) is 0 Å². The van der Waals surface area contributed by atoms with E-state index in [0.717, 1.165) is 6.42 Å². The molecule has 1 aliphatic rings. The Morgan fingerprint density at radius 3 is 2.62 bits per heavy atom. The fourth-order valence-electron chi connectivity index (χ4n) is 0.611. The topological polar surface area (TPSA) is 18.5 Å². The van der Waals surface area contributed by atoms with Crippen LogP contribution in [0.5, 0.6) is 0 Å². The number of rotatable bonds is 1. The van der Waals surface area contributed by atoms with Crippen molar-refractivity contribution in [1.82, 2.24) is 0 Å². The molecule has 0 spiro atoms. The second-order valence-corrected chi connectivity index (χ2v) is 1.63. The first-order valence-corrected chi connectivity index (χ1v) is 2.89. The highest BCUT2D eigenvalue weighted by molar-refractivity contribution is 4.84. The fourth-order valence-corrected chi connectivity index (χ4v) is 0.611. The van der Waals surface area contributed by atoms with Gasteiger partial charge in [-0.15, -0.1) is 0 Å². The van der Waals surface area contributed by atoms with E-state index in [4.69, 9.17) is 9.47 Å². The minimum Gasteiger partial charge on any atom is -0.462 e. The average molecular weight is 114 g/mol. The first kappa shape index (κ1) is 5.48. The van der Waals surface area contributed by atoms with E-state index in [2.05, 4.69) is 6.92 Å². The summed E-state index contributed by atoms with van der Waals surface area (Å²) >= 11 is 0. The van der Waals surface area contributed by atoms with Crippen LogP contribution in [0.4, 0.5) is 0 Å². The van der Waals surface area contributed by atoms with Crippen LogP contribution in [0.1, 0.15) is 13.3 Å². The molecular formula is C6H10O2. The maximum absolute atomic E-state index is 5.03. The first-order valence-electron chi connectivity index (χ1n) is 2.89. The molecule has 0 unspecified atom stereocenters. The molecule has 1 rings (SSSR count). The van der Waals surface area contributed by atoms with Gasteiger partial charge in [-0.1, -0.05) is 6.92 Å². The summed E-state index contributed by atoms with van der Waals surface area (Å²) in [4.78, 5) is 0. The standard InChI is InChI=1S/C6H10O2/c1-2-3-6-7-4-5-8-6/h3H,2,4-5H2,1H3. The summed E-state index contributed by atoms with van der Waals surface area (Å²) in [5, 5.41) is 0. The smallest absolute Gasteiger partial charge is 0.275 e. The molecule has 0 radical (unpaired) electrons. The van der Waals surface area contributed by atoms with Gasteiger partial charge in [0.25, 0.3) is 5.95 Å². The van der Waals surface area contributed by atoms with E-state index in [1.165, 1.54) is 0 Å². The van der Waals surface area contributed by atoms with Crippen molar-refractivity contribution in [1.29, 1.82) is 0 Å². The molecule has 0 amide bonds. The molecule has 0 aromatic heterocycles. The zero-order chi connectivity index (χ0) is 5.82. The summed E-state index contributed by atoms with van der Waals surface area (Å²) in [5.74, 6) is 0.701. The Morgan fingerprint density at radius 2 is 2.12 bits per heavy atom. The second kappa shape index (κ2) is 2.60. The third kappa shape index (κ3) is 1.15. The van der Waals surface area contributed by atoms with Gasteiger partial charge in [-0.05, 0) is 12.5 Å². The lowest BCUT2D eigenvalue weighted by Gasteiger charge is -1.92. The summed E-state index contributed by atoms with van der Waals surface area (Å²) in [6.07, 6.45) is 2.92. The predicted octanol–water partition coefficient (Wildman–Crippen LogP) is 1.28. The third-order valence-electron chi connectivity index (χ3n) is 0.943. The van der Waals surface area contributed by atoms with Gasteiger partial charge in [0.1, 0.15) is 13.2 Å². The van der Waals surface area contributed by atoms with Gasteiger partial charge in [-0.3, -0.25) is 0 Å². The van der Waals surface area contributed by atoms with Crippen molar-refractivity contribution >= 4 is 0 Å². The van der Waals surface area contributed by atoms with Gasteiger partial charge in [0.2, 0.25) is 0 Å². The average Bonchev–Trinajstić information content (AvgIpc) is 2.19. The van der Waals surface area contributed by atoms with Crippen LogP contribution in [0.15, 0.2) is 12.0 Å². The SMILES string of the molecule is CCC=C1OCCO1. The van der Waals surface area contributed by atoms with E-state index in [9.17, 15) is 0 Å². The summed E-state index contributed by atoms with van der Waals surface area (Å²) < 4.78 is 10.1. The molecule has 46 valence electrons. The van der Waals surface area contributed by atoms with E-state index in [1.807, 2.05) is 6.08 Å². The normalized spacial score (nSPS) is 17.4. The van der Waals surface area contributed by atoms with E-state index in [1.54, 1.807) is 0 Å². The highest BCUT2D eigenvalue weighted by Crippen LogP contribution is 2.07. The lowest BCUT2D eigenvalue weighted by molar-refractivity contribution is 0.174. The van der Waals surface area contributed by atoms with E-state index >= 15 is 0 Å². The van der Waals surface area contributed by atoms with Gasteiger partial charge < -0.3 is 9.47 Å². The van der Waals surface area contributed by atoms with E-state index in [-0.39, 0.29) is 0 Å². The van der Waals surface area contributed by atoms with Crippen LogP contribution >= 0.6 is 0 Å². The fraction of sp³-hybridized carbons (Fsp3) is 0.667. The third-order valence-corrected chi connectivity index (χ3v) is 0.943. The van der Waals surface area contributed by atoms with Gasteiger partial charge >= 0.3 is 0 Å². The van der Waals surface area contributed by atoms with E-state index in [0.29, 0.717) is 19.2 Å². The van der Waals surface area contributed by atoms with Gasteiger partial charge in [-0.25, -0.2) is 0 Å². The molecule has 1 saturated heterocycles. The van der Waals surface area contributed by atoms with E-state index < -0.39 is 0 Å². The Kier molecular flexibility index (Phi) is 1.78. The van der Waals surface area contributed by atoms with Crippen molar-refractivity contribution < 1.29 is 9.47 Å². The largest absolute Gasteiger partial charge is 0.462 e. The second-order valence-electron chi connectivity index (χ2n) is 1.63. The van der Waals surface area contributed by atoms with Crippen LogP contribution in [-0.2, 0) is 9.47 Å². The molecule has 1 fully saturated rings. The minimum absolute atomic E-state index is 0.701. The zero-order valence-electron chi connectivity index (χ0n) is 5.02. The minimum atomic E-state index is 0.701. The van der Waals surface area contributed by atoms with Crippen LogP contribution in [0, 0.1) is 0 Å². The molecule has 0 aromatic rings. The molecule has 1 heterocycles. The number of hydrogen-bond acceptors (Lipinski definition) is 2. The Labute approximate surface area is 49.1 Å². The molecule has 1 aliphatic heterocycles. The van der Waals surface area contributed by atoms with Crippen molar-refractivity contribution in [3.8, 4) is 0 Å². The molecule has 2 nitrogen and oxygen atoms in total. The highest BCUT2D eigenvalue weighted by Gasteiger charge is 2.05. The lowest BCUT2D eigenvalue weighted by Crippen LogP contribution is -1.79. The molecule has 0 aromatic carbocycles. The van der Waals surface area contributed by atoms with Crippen LogP contribution in [0.3, 0.4) is 0 Å². The van der Waals surface area contributed by atoms with Crippen LogP contribution in [-0.4, -0.2) is 13.2 Å². The van der Waals surface area contributed by atoms with Crippen LogP contribution in [0.25, 0.3) is 0 Å². The Morgan fingerprint density at radius 1 is 1.50 bits per heavy atom. The van der Waals surface area contributed by atoms with Crippen molar-refractivity contribution in [2.45, 2.75) is 13.3 Å². The van der Waals surface area contributed by atoms with Crippen LogP contribution in [0.2, 0.25) is 0 Å². The zero-order valence-corrected chi connectivity index (χ0v) is 5.02. The summed E-state index contributed by atoms with van der Waals surface area (Å²) in [6, 6.07) is 0. The Hall–Kier alpha value is -0.660. The maximum atomic E-state index is 5.03. The Bertz CT molecular complexity index is 88.7. The highest BCUT2D eigenvalue weighted by atomic mass is 16.7. The summed E-state index contributed by atoms with van der Waals surface area (Å²) in [5.41, 5.74) is 0. The maximum Gasteiger partial charge on any atom is 0.275 e. The predicted molar refractivity (Wildman–Crippen MR) is 30.3 cm³/mol. The molecule has 0 bridgehead atoms. The van der Waals surface area contributed by atoms with Crippen molar-refractivity contribution in [2.75, 3.05) is 13.2 Å². The number of allylic oxidation sites excluding steroid dienone is 1. The summed E-state index contributed by atoms with van der Waals surface area (Å²) in [6.45, 7) is 3.48. The number of hydrogen-bond donors (Lipinski definition) is 0. The lowest BCUT2D eigenvalue weighted by atomic mass is 10.5. The molecule has 8 heavy (non-hydrogen) atoms. The monoisotopic (exact) mass is 114 g/mol. The molecule has 2 heteroatoms. The molecule has 0 saturated carbocycles. The molecule has 0 aliphatic carbocycles. The van der Waals surface area contributed by atoms with Gasteiger partial charge in [-0.2, -0.15) is 0 Å². The quantitative estimate of drug-likeness (QED) is 0.511.